The summed E-state index contributed by atoms with van der Waals surface area (Å²) in [6, 6.07) is 19.1. The first-order chi connectivity index (χ1) is 13.5. The van der Waals surface area contributed by atoms with Crippen molar-refractivity contribution in [3.63, 3.8) is 0 Å². The van der Waals surface area contributed by atoms with Gasteiger partial charge >= 0.3 is 6.03 Å². The predicted octanol–water partition coefficient (Wildman–Crippen LogP) is 5.22. The van der Waals surface area contributed by atoms with Crippen molar-refractivity contribution in [2.45, 2.75) is 6.92 Å². The Bertz CT molecular complexity index is 993. The van der Waals surface area contributed by atoms with Gasteiger partial charge in [-0.25, -0.2) is 9.18 Å². The van der Waals surface area contributed by atoms with Gasteiger partial charge in [-0.2, -0.15) is 0 Å². The maximum Gasteiger partial charge on any atom is 0.323 e. The Labute approximate surface area is 161 Å². The van der Waals surface area contributed by atoms with Crippen LogP contribution in [0.5, 0.6) is 11.5 Å². The van der Waals surface area contributed by atoms with Crippen molar-refractivity contribution in [3.05, 3.63) is 78.6 Å². The van der Waals surface area contributed by atoms with Crippen LogP contribution >= 0.6 is 0 Å². The number of ether oxygens (including phenoxy) is 1. The molecule has 28 heavy (non-hydrogen) atoms. The van der Waals surface area contributed by atoms with Crippen LogP contribution in [0.15, 0.2) is 72.8 Å². The predicted molar refractivity (Wildman–Crippen MR) is 106 cm³/mol. The summed E-state index contributed by atoms with van der Waals surface area (Å²) in [6.07, 6.45) is 0. The third-order valence-corrected chi connectivity index (χ3v) is 3.63. The summed E-state index contributed by atoms with van der Waals surface area (Å²) in [4.78, 5) is 23.5. The van der Waals surface area contributed by atoms with E-state index in [1.54, 1.807) is 54.6 Å². The lowest BCUT2D eigenvalue weighted by molar-refractivity contribution is -0.114. The Morgan fingerprint density at radius 3 is 2.21 bits per heavy atom. The van der Waals surface area contributed by atoms with Gasteiger partial charge in [0.25, 0.3) is 0 Å². The van der Waals surface area contributed by atoms with Crippen LogP contribution in [0.2, 0.25) is 0 Å². The van der Waals surface area contributed by atoms with E-state index in [0.717, 1.165) is 0 Å². The normalized spacial score (nSPS) is 10.1. The molecule has 0 saturated heterocycles. The number of urea groups is 1. The van der Waals surface area contributed by atoms with Crippen molar-refractivity contribution in [2.75, 3.05) is 16.0 Å². The molecule has 0 aliphatic rings. The number of para-hydroxylation sites is 2. The van der Waals surface area contributed by atoms with Crippen LogP contribution in [0.4, 0.5) is 26.2 Å². The van der Waals surface area contributed by atoms with Crippen molar-refractivity contribution >= 4 is 29.0 Å². The standard InChI is InChI=1S/C21H18FN3O3/c1-14(26)23-15-7-5-8-16(13-15)24-21(27)25-20-18(22)11-6-12-19(20)28-17-9-3-2-4-10-17/h2-13H,1H3,(H,23,26)(H2,24,25,27). The molecule has 0 fully saturated rings. The zero-order chi connectivity index (χ0) is 19.9. The quantitative estimate of drug-likeness (QED) is 0.569. The van der Waals surface area contributed by atoms with Crippen molar-refractivity contribution < 1.29 is 18.7 Å². The summed E-state index contributed by atoms with van der Waals surface area (Å²) in [7, 11) is 0. The Morgan fingerprint density at radius 2 is 1.50 bits per heavy atom. The Hall–Kier alpha value is -3.87. The van der Waals surface area contributed by atoms with Gasteiger partial charge in [-0.1, -0.05) is 30.3 Å². The second kappa shape index (κ2) is 8.68. The molecule has 3 N–H and O–H groups in total. The number of halogens is 1. The van der Waals surface area contributed by atoms with E-state index in [9.17, 15) is 14.0 Å². The second-order valence-corrected chi connectivity index (χ2v) is 5.87. The molecule has 3 amide bonds. The van der Waals surface area contributed by atoms with Crippen LogP contribution in [0, 0.1) is 5.82 Å². The monoisotopic (exact) mass is 379 g/mol. The highest BCUT2D eigenvalue weighted by Crippen LogP contribution is 2.31. The molecular weight excluding hydrogens is 361 g/mol. The molecule has 0 spiro atoms. The van der Waals surface area contributed by atoms with Gasteiger partial charge in [-0.05, 0) is 42.5 Å². The molecule has 0 saturated carbocycles. The van der Waals surface area contributed by atoms with Crippen LogP contribution in [0.25, 0.3) is 0 Å². The largest absolute Gasteiger partial charge is 0.455 e. The van der Waals surface area contributed by atoms with E-state index in [0.29, 0.717) is 17.1 Å². The van der Waals surface area contributed by atoms with Crippen LogP contribution in [-0.4, -0.2) is 11.9 Å². The lowest BCUT2D eigenvalue weighted by Gasteiger charge is -2.14. The van der Waals surface area contributed by atoms with Gasteiger partial charge in [0.05, 0.1) is 0 Å². The third-order valence-electron chi connectivity index (χ3n) is 3.63. The number of rotatable bonds is 5. The van der Waals surface area contributed by atoms with Gasteiger partial charge in [-0.3, -0.25) is 4.79 Å². The van der Waals surface area contributed by atoms with E-state index < -0.39 is 11.8 Å². The highest BCUT2D eigenvalue weighted by Gasteiger charge is 2.14. The van der Waals surface area contributed by atoms with E-state index in [2.05, 4.69) is 16.0 Å². The average Bonchev–Trinajstić information content (AvgIpc) is 2.65. The first-order valence-electron chi connectivity index (χ1n) is 8.48. The molecule has 0 radical (unpaired) electrons. The minimum absolute atomic E-state index is 0.0816. The van der Waals surface area contributed by atoms with E-state index in [-0.39, 0.29) is 17.3 Å². The van der Waals surface area contributed by atoms with Gasteiger partial charge in [-0.15, -0.1) is 0 Å². The van der Waals surface area contributed by atoms with Gasteiger partial charge < -0.3 is 20.7 Å². The van der Waals surface area contributed by atoms with E-state index in [4.69, 9.17) is 4.74 Å². The summed E-state index contributed by atoms with van der Waals surface area (Å²) < 4.78 is 20.0. The number of amides is 3. The topological polar surface area (TPSA) is 79.5 Å². The van der Waals surface area contributed by atoms with Crippen LogP contribution in [-0.2, 0) is 4.79 Å². The van der Waals surface area contributed by atoms with Gasteiger partial charge in [0, 0.05) is 18.3 Å². The van der Waals surface area contributed by atoms with Crippen molar-refractivity contribution in [3.8, 4) is 11.5 Å². The van der Waals surface area contributed by atoms with Gasteiger partial charge in [0.2, 0.25) is 5.91 Å². The van der Waals surface area contributed by atoms with Crippen molar-refractivity contribution in [1.29, 1.82) is 0 Å². The van der Waals surface area contributed by atoms with E-state index in [1.165, 1.54) is 19.1 Å². The SMILES string of the molecule is CC(=O)Nc1cccc(NC(=O)Nc2c(F)cccc2Oc2ccccc2)c1. The number of benzene rings is 3. The maximum atomic E-state index is 14.3. The molecule has 0 aliphatic carbocycles. The lowest BCUT2D eigenvalue weighted by atomic mass is 10.2. The molecule has 0 atom stereocenters. The smallest absolute Gasteiger partial charge is 0.323 e. The summed E-state index contributed by atoms with van der Waals surface area (Å²) in [5.41, 5.74) is 0.886. The molecule has 142 valence electrons. The summed E-state index contributed by atoms with van der Waals surface area (Å²) in [5.74, 6) is -0.167. The molecule has 0 bridgehead atoms. The Morgan fingerprint density at radius 1 is 0.821 bits per heavy atom. The molecule has 0 aliphatic heterocycles. The van der Waals surface area contributed by atoms with E-state index >= 15 is 0 Å². The van der Waals surface area contributed by atoms with Crippen molar-refractivity contribution in [2.24, 2.45) is 0 Å². The fraction of sp³-hybridized carbons (Fsp3) is 0.0476. The number of carbonyl (C=O) groups excluding carboxylic acids is 2. The van der Waals surface area contributed by atoms with Gasteiger partial charge in [0.1, 0.15) is 11.4 Å². The van der Waals surface area contributed by atoms with Gasteiger partial charge in [0.15, 0.2) is 11.6 Å². The molecular formula is C21H18FN3O3. The molecule has 3 aromatic carbocycles. The van der Waals surface area contributed by atoms with Crippen molar-refractivity contribution in [1.82, 2.24) is 0 Å². The molecule has 6 nitrogen and oxygen atoms in total. The lowest BCUT2D eigenvalue weighted by Crippen LogP contribution is -2.20. The number of nitrogens with one attached hydrogen (secondary N) is 3. The first kappa shape index (κ1) is 18.9. The fourth-order valence-corrected chi connectivity index (χ4v) is 2.48. The summed E-state index contributed by atoms with van der Waals surface area (Å²) >= 11 is 0. The molecule has 0 unspecified atom stereocenters. The number of anilines is 3. The number of hydrogen-bond donors (Lipinski definition) is 3. The third kappa shape index (κ3) is 5.07. The summed E-state index contributed by atoms with van der Waals surface area (Å²) in [5, 5.41) is 7.69. The average molecular weight is 379 g/mol. The first-order valence-corrected chi connectivity index (χ1v) is 8.48. The number of hydrogen-bond acceptors (Lipinski definition) is 3. The highest BCUT2D eigenvalue weighted by atomic mass is 19.1. The van der Waals surface area contributed by atoms with Crippen LogP contribution < -0.4 is 20.7 Å². The van der Waals surface area contributed by atoms with E-state index in [1.807, 2.05) is 6.07 Å². The minimum atomic E-state index is -0.650. The second-order valence-electron chi connectivity index (χ2n) is 5.87. The highest BCUT2D eigenvalue weighted by molar-refractivity contribution is 6.01. The maximum absolute atomic E-state index is 14.3. The minimum Gasteiger partial charge on any atom is -0.455 e. The molecule has 3 aromatic rings. The fourth-order valence-electron chi connectivity index (χ4n) is 2.48. The molecule has 7 heteroatoms. The Balaban J connectivity index is 1.74. The molecule has 0 heterocycles. The zero-order valence-corrected chi connectivity index (χ0v) is 15.0. The van der Waals surface area contributed by atoms with Crippen LogP contribution in [0.1, 0.15) is 6.92 Å². The zero-order valence-electron chi connectivity index (χ0n) is 15.0. The number of carbonyl (C=O) groups is 2. The molecule has 3 rings (SSSR count). The Kier molecular flexibility index (Phi) is 5.86. The van der Waals surface area contributed by atoms with Crippen LogP contribution in [0.3, 0.4) is 0 Å². The summed E-state index contributed by atoms with van der Waals surface area (Å²) in [6.45, 7) is 1.39. The molecule has 0 aromatic heterocycles.